The first-order chi connectivity index (χ1) is 13.6. The SMILES string of the molecule is CC(=O)NC1CCC(C)(C(=O)NCc2c(F)ccc(C)c2C)C1.CCCCCC. The number of carbonyl (C=O) groups is 2. The van der Waals surface area contributed by atoms with Crippen molar-refractivity contribution in [3.05, 3.63) is 34.6 Å². The van der Waals surface area contributed by atoms with Crippen LogP contribution in [0.15, 0.2) is 12.1 Å². The molecule has 1 saturated carbocycles. The van der Waals surface area contributed by atoms with Gasteiger partial charge in [0.25, 0.3) is 0 Å². The molecule has 1 fully saturated rings. The normalized spacial score (nSPS) is 20.6. The van der Waals surface area contributed by atoms with Crippen LogP contribution in [-0.4, -0.2) is 17.9 Å². The second-order valence-corrected chi connectivity index (χ2v) is 8.56. The van der Waals surface area contributed by atoms with Gasteiger partial charge in [-0.15, -0.1) is 0 Å². The van der Waals surface area contributed by atoms with Crippen molar-refractivity contribution in [3.63, 3.8) is 0 Å². The third-order valence-electron chi connectivity index (χ3n) is 5.89. The third-order valence-corrected chi connectivity index (χ3v) is 5.89. The Bertz CT molecular complexity index is 686. The van der Waals surface area contributed by atoms with E-state index >= 15 is 0 Å². The molecule has 164 valence electrons. The molecule has 0 spiro atoms. The van der Waals surface area contributed by atoms with Crippen molar-refractivity contribution in [2.75, 3.05) is 0 Å². The Labute approximate surface area is 176 Å². The van der Waals surface area contributed by atoms with E-state index in [1.165, 1.54) is 38.7 Å². The van der Waals surface area contributed by atoms with Gasteiger partial charge in [0.15, 0.2) is 0 Å². The molecular formula is C24H39FN2O2. The number of hydrogen-bond donors (Lipinski definition) is 2. The van der Waals surface area contributed by atoms with E-state index in [1.54, 1.807) is 6.07 Å². The molecule has 4 nitrogen and oxygen atoms in total. The lowest BCUT2D eigenvalue weighted by Crippen LogP contribution is -2.39. The standard InChI is InChI=1S/C18H25FN2O2.C6H14/c1-11-5-6-16(19)15(12(11)2)10-20-17(23)18(4)8-7-14(9-18)21-13(3)22;1-3-5-6-4-2/h5-6,14H,7-10H2,1-4H3,(H,20,23)(H,21,22);3-6H2,1-2H3. The van der Waals surface area contributed by atoms with E-state index in [0.717, 1.165) is 24.0 Å². The van der Waals surface area contributed by atoms with Gasteiger partial charge in [-0.05, 0) is 50.3 Å². The van der Waals surface area contributed by atoms with Gasteiger partial charge >= 0.3 is 0 Å². The number of amides is 2. The molecule has 0 aliphatic heterocycles. The van der Waals surface area contributed by atoms with Crippen LogP contribution in [0, 0.1) is 25.1 Å². The molecule has 0 radical (unpaired) electrons. The highest BCUT2D eigenvalue weighted by Crippen LogP contribution is 2.38. The molecule has 2 atom stereocenters. The van der Waals surface area contributed by atoms with E-state index in [1.807, 2.05) is 20.8 Å². The summed E-state index contributed by atoms with van der Waals surface area (Å²) in [5.74, 6) is -0.441. The molecule has 2 N–H and O–H groups in total. The number of benzene rings is 1. The van der Waals surface area contributed by atoms with Crippen molar-refractivity contribution in [1.29, 1.82) is 0 Å². The molecule has 0 aromatic heterocycles. The molecule has 2 rings (SSSR count). The number of nitrogens with one attached hydrogen (secondary N) is 2. The summed E-state index contributed by atoms with van der Waals surface area (Å²) < 4.78 is 14.0. The minimum absolute atomic E-state index is 0.0423. The van der Waals surface area contributed by atoms with Crippen LogP contribution in [0.3, 0.4) is 0 Å². The van der Waals surface area contributed by atoms with Crippen LogP contribution in [0.5, 0.6) is 0 Å². The van der Waals surface area contributed by atoms with E-state index in [4.69, 9.17) is 0 Å². The Morgan fingerprint density at radius 1 is 1.17 bits per heavy atom. The second kappa shape index (κ2) is 11.9. The summed E-state index contributed by atoms with van der Waals surface area (Å²) in [4.78, 5) is 23.7. The Morgan fingerprint density at radius 2 is 1.79 bits per heavy atom. The van der Waals surface area contributed by atoms with Gasteiger partial charge in [0.2, 0.25) is 11.8 Å². The fraction of sp³-hybridized carbons (Fsp3) is 0.667. The summed E-state index contributed by atoms with van der Waals surface area (Å²) in [7, 11) is 0. The highest BCUT2D eigenvalue weighted by molar-refractivity contribution is 5.83. The highest BCUT2D eigenvalue weighted by Gasteiger charge is 2.41. The number of hydrogen-bond acceptors (Lipinski definition) is 2. The molecule has 0 bridgehead atoms. The second-order valence-electron chi connectivity index (χ2n) is 8.56. The maximum atomic E-state index is 14.0. The van der Waals surface area contributed by atoms with Crippen molar-refractivity contribution in [3.8, 4) is 0 Å². The topological polar surface area (TPSA) is 58.2 Å². The molecule has 1 aliphatic carbocycles. The lowest BCUT2D eigenvalue weighted by molar-refractivity contribution is -0.130. The summed E-state index contributed by atoms with van der Waals surface area (Å²) in [6, 6.07) is 3.22. The van der Waals surface area contributed by atoms with Crippen LogP contribution < -0.4 is 10.6 Å². The zero-order valence-electron chi connectivity index (χ0n) is 19.1. The smallest absolute Gasteiger partial charge is 0.226 e. The van der Waals surface area contributed by atoms with Gasteiger partial charge in [-0.25, -0.2) is 4.39 Å². The van der Waals surface area contributed by atoms with Gasteiger partial charge in [0, 0.05) is 30.5 Å². The molecule has 2 unspecified atom stereocenters. The van der Waals surface area contributed by atoms with Crippen molar-refractivity contribution >= 4 is 11.8 Å². The highest BCUT2D eigenvalue weighted by atomic mass is 19.1. The molecule has 1 aliphatic rings. The first-order valence-corrected chi connectivity index (χ1v) is 10.9. The Balaban J connectivity index is 0.000000612. The van der Waals surface area contributed by atoms with E-state index in [9.17, 15) is 14.0 Å². The average Bonchev–Trinajstić information content (AvgIpc) is 3.04. The van der Waals surface area contributed by atoms with Gasteiger partial charge in [0.05, 0.1) is 0 Å². The fourth-order valence-electron chi connectivity index (χ4n) is 3.80. The number of carbonyl (C=O) groups excluding carboxylic acids is 2. The van der Waals surface area contributed by atoms with Crippen LogP contribution in [-0.2, 0) is 16.1 Å². The van der Waals surface area contributed by atoms with Crippen molar-refractivity contribution in [2.45, 2.75) is 99.1 Å². The summed E-state index contributed by atoms with van der Waals surface area (Å²) in [5.41, 5.74) is 1.91. The van der Waals surface area contributed by atoms with Gasteiger partial charge < -0.3 is 10.6 Å². The predicted octanol–water partition coefficient (Wildman–Crippen LogP) is 5.34. The first-order valence-electron chi connectivity index (χ1n) is 10.9. The van der Waals surface area contributed by atoms with Gasteiger partial charge in [-0.2, -0.15) is 0 Å². The summed E-state index contributed by atoms with van der Waals surface area (Å²) in [6.45, 7) is 11.8. The Kier molecular flexibility index (Phi) is 10.3. The number of unbranched alkanes of at least 4 members (excludes halogenated alkanes) is 3. The monoisotopic (exact) mass is 406 g/mol. The summed E-state index contributed by atoms with van der Waals surface area (Å²) >= 11 is 0. The van der Waals surface area contributed by atoms with E-state index in [2.05, 4.69) is 24.5 Å². The predicted molar refractivity (Wildman–Crippen MR) is 117 cm³/mol. The van der Waals surface area contributed by atoms with Gasteiger partial charge in [-0.3, -0.25) is 9.59 Å². The first kappa shape index (κ1) is 25.1. The Morgan fingerprint density at radius 3 is 2.34 bits per heavy atom. The van der Waals surface area contributed by atoms with Crippen LogP contribution in [0.4, 0.5) is 4.39 Å². The minimum atomic E-state index is -0.513. The minimum Gasteiger partial charge on any atom is -0.354 e. The van der Waals surface area contributed by atoms with Crippen molar-refractivity contribution in [1.82, 2.24) is 10.6 Å². The zero-order chi connectivity index (χ0) is 22.0. The molecule has 1 aromatic rings. The van der Waals surface area contributed by atoms with E-state index in [-0.39, 0.29) is 30.2 Å². The number of halogens is 1. The largest absolute Gasteiger partial charge is 0.354 e. The number of aryl methyl sites for hydroxylation is 1. The molecule has 5 heteroatoms. The maximum Gasteiger partial charge on any atom is 0.226 e. The van der Waals surface area contributed by atoms with E-state index in [0.29, 0.717) is 12.0 Å². The zero-order valence-corrected chi connectivity index (χ0v) is 19.1. The van der Waals surface area contributed by atoms with Crippen LogP contribution in [0.1, 0.15) is 89.3 Å². The van der Waals surface area contributed by atoms with Gasteiger partial charge in [0.1, 0.15) is 5.82 Å². The molecule has 2 amide bonds. The third kappa shape index (κ3) is 7.79. The van der Waals surface area contributed by atoms with Crippen LogP contribution >= 0.6 is 0 Å². The molecule has 1 aromatic carbocycles. The maximum absolute atomic E-state index is 14.0. The molecule has 29 heavy (non-hydrogen) atoms. The lowest BCUT2D eigenvalue weighted by atomic mass is 9.87. The summed E-state index contributed by atoms with van der Waals surface area (Å²) in [5, 5.41) is 5.74. The van der Waals surface area contributed by atoms with Crippen molar-refractivity contribution in [2.24, 2.45) is 5.41 Å². The molecule has 0 heterocycles. The molecular weight excluding hydrogens is 367 g/mol. The average molecular weight is 407 g/mol. The summed E-state index contributed by atoms with van der Waals surface area (Å²) in [6.07, 6.45) is 7.67. The van der Waals surface area contributed by atoms with Crippen LogP contribution in [0.25, 0.3) is 0 Å². The van der Waals surface area contributed by atoms with Crippen LogP contribution in [0.2, 0.25) is 0 Å². The Hall–Kier alpha value is -1.91. The van der Waals surface area contributed by atoms with E-state index < -0.39 is 5.41 Å². The fourth-order valence-corrected chi connectivity index (χ4v) is 3.80. The lowest BCUT2D eigenvalue weighted by Gasteiger charge is -2.24. The number of rotatable bonds is 7. The van der Waals surface area contributed by atoms with Crippen molar-refractivity contribution < 1.29 is 14.0 Å². The molecule has 0 saturated heterocycles. The quantitative estimate of drug-likeness (QED) is 0.601. The van der Waals surface area contributed by atoms with Gasteiger partial charge in [-0.1, -0.05) is 52.5 Å².